The zero-order chi connectivity index (χ0) is 19.2. The van der Waals surface area contributed by atoms with Crippen molar-refractivity contribution in [2.45, 2.75) is 91.9 Å². The summed E-state index contributed by atoms with van der Waals surface area (Å²) in [6, 6.07) is 0. The molecule has 0 amide bonds. The van der Waals surface area contributed by atoms with Gasteiger partial charge in [-0.3, -0.25) is 0 Å². The SMILES string of the molecule is C=C(CCCCCC(C)C)C(=O)OC(=O)C(=C)CCCCCC(C)C. The largest absolute Gasteiger partial charge is 0.386 e. The topological polar surface area (TPSA) is 43.4 Å². The van der Waals surface area contributed by atoms with Gasteiger partial charge in [0, 0.05) is 11.1 Å². The number of carbonyl (C=O) groups excluding carboxylic acids is 2. The number of esters is 2. The Morgan fingerprint density at radius 3 is 1.36 bits per heavy atom. The molecule has 0 heterocycles. The Kier molecular flexibility index (Phi) is 13.1. The molecule has 0 N–H and O–H groups in total. The molecule has 0 aromatic heterocycles. The maximum absolute atomic E-state index is 11.9. The van der Waals surface area contributed by atoms with E-state index < -0.39 is 11.9 Å². The van der Waals surface area contributed by atoms with Gasteiger partial charge in [0.25, 0.3) is 0 Å². The van der Waals surface area contributed by atoms with E-state index in [0.717, 1.165) is 38.5 Å². The molecular weight excluding hydrogens is 312 g/mol. The molecule has 0 aromatic rings. The van der Waals surface area contributed by atoms with E-state index >= 15 is 0 Å². The molecule has 25 heavy (non-hydrogen) atoms. The van der Waals surface area contributed by atoms with Gasteiger partial charge in [-0.15, -0.1) is 0 Å². The highest BCUT2D eigenvalue weighted by atomic mass is 16.6. The van der Waals surface area contributed by atoms with E-state index in [1.54, 1.807) is 0 Å². The Balaban J connectivity index is 3.89. The molecule has 3 nitrogen and oxygen atoms in total. The molecule has 0 spiro atoms. The van der Waals surface area contributed by atoms with Gasteiger partial charge in [-0.2, -0.15) is 0 Å². The van der Waals surface area contributed by atoms with Crippen LogP contribution in [0.3, 0.4) is 0 Å². The fourth-order valence-electron chi connectivity index (χ4n) is 2.57. The van der Waals surface area contributed by atoms with Crippen LogP contribution in [0.15, 0.2) is 24.3 Å². The third-order valence-corrected chi connectivity index (χ3v) is 4.28. The number of ether oxygens (including phenoxy) is 1. The zero-order valence-electron chi connectivity index (χ0n) is 16.9. The van der Waals surface area contributed by atoms with Crippen molar-refractivity contribution in [3.05, 3.63) is 24.3 Å². The van der Waals surface area contributed by atoms with Crippen LogP contribution in [0, 0.1) is 11.8 Å². The van der Waals surface area contributed by atoms with Crippen molar-refractivity contribution >= 4 is 11.9 Å². The van der Waals surface area contributed by atoms with Crippen LogP contribution in [0.4, 0.5) is 0 Å². The van der Waals surface area contributed by atoms with Crippen LogP contribution in [0.25, 0.3) is 0 Å². The molecule has 0 aliphatic heterocycles. The molecule has 0 saturated heterocycles. The van der Waals surface area contributed by atoms with Crippen molar-refractivity contribution in [1.82, 2.24) is 0 Å². The van der Waals surface area contributed by atoms with Crippen LogP contribution < -0.4 is 0 Å². The number of carbonyl (C=O) groups is 2. The first-order valence-electron chi connectivity index (χ1n) is 9.86. The minimum Gasteiger partial charge on any atom is -0.386 e. The zero-order valence-corrected chi connectivity index (χ0v) is 16.9. The van der Waals surface area contributed by atoms with Gasteiger partial charge in [0.1, 0.15) is 0 Å². The molecule has 0 unspecified atom stereocenters. The van der Waals surface area contributed by atoms with E-state index in [1.807, 2.05) is 0 Å². The third-order valence-electron chi connectivity index (χ3n) is 4.28. The smallest absolute Gasteiger partial charge is 0.341 e. The highest BCUT2D eigenvalue weighted by Gasteiger charge is 2.16. The van der Waals surface area contributed by atoms with Crippen LogP contribution in [-0.2, 0) is 14.3 Å². The van der Waals surface area contributed by atoms with Gasteiger partial charge in [0.15, 0.2) is 0 Å². The minimum atomic E-state index is -0.602. The van der Waals surface area contributed by atoms with Gasteiger partial charge >= 0.3 is 11.9 Å². The first kappa shape index (κ1) is 23.6. The summed E-state index contributed by atoms with van der Waals surface area (Å²) < 4.78 is 4.89. The van der Waals surface area contributed by atoms with Gasteiger partial charge in [0.2, 0.25) is 0 Å². The van der Waals surface area contributed by atoms with Crippen LogP contribution in [0.2, 0.25) is 0 Å². The van der Waals surface area contributed by atoms with Gasteiger partial charge in [-0.05, 0) is 37.5 Å². The lowest BCUT2D eigenvalue weighted by Crippen LogP contribution is -2.15. The average molecular weight is 351 g/mol. The second-order valence-corrected chi connectivity index (χ2v) is 7.87. The average Bonchev–Trinajstić information content (AvgIpc) is 2.52. The molecule has 0 aromatic carbocycles. The van der Waals surface area contributed by atoms with Crippen LogP contribution in [0.1, 0.15) is 91.9 Å². The Bertz CT molecular complexity index is 393. The number of unbranched alkanes of at least 4 members (excludes halogenated alkanes) is 4. The molecule has 0 aliphatic rings. The first-order chi connectivity index (χ1) is 11.7. The Labute approximate surface area is 154 Å². The fraction of sp³-hybridized carbons (Fsp3) is 0.727. The molecule has 0 atom stereocenters. The van der Waals surface area contributed by atoms with Gasteiger partial charge in [0.05, 0.1) is 0 Å². The lowest BCUT2D eigenvalue weighted by Gasteiger charge is -2.08. The second kappa shape index (κ2) is 13.9. The van der Waals surface area contributed by atoms with Crippen molar-refractivity contribution in [3.63, 3.8) is 0 Å². The highest BCUT2D eigenvalue weighted by Crippen LogP contribution is 2.15. The van der Waals surface area contributed by atoms with Crippen LogP contribution in [-0.4, -0.2) is 11.9 Å². The summed E-state index contributed by atoms with van der Waals surface area (Å²) in [5.41, 5.74) is 0.755. The first-order valence-corrected chi connectivity index (χ1v) is 9.86. The Hall–Kier alpha value is -1.38. The third kappa shape index (κ3) is 13.6. The molecular formula is C22H38O3. The van der Waals surface area contributed by atoms with E-state index in [0.29, 0.717) is 35.8 Å². The normalized spacial score (nSPS) is 11.0. The van der Waals surface area contributed by atoms with Gasteiger partial charge < -0.3 is 4.74 Å². The monoisotopic (exact) mass is 350 g/mol. The number of hydrogen-bond donors (Lipinski definition) is 0. The van der Waals surface area contributed by atoms with E-state index in [9.17, 15) is 9.59 Å². The summed E-state index contributed by atoms with van der Waals surface area (Å²) in [6.45, 7) is 16.3. The van der Waals surface area contributed by atoms with Gasteiger partial charge in [-0.25, -0.2) is 9.59 Å². The summed E-state index contributed by atoms with van der Waals surface area (Å²) in [4.78, 5) is 23.8. The van der Waals surface area contributed by atoms with Gasteiger partial charge in [-0.1, -0.05) is 79.4 Å². The fourth-order valence-corrected chi connectivity index (χ4v) is 2.57. The molecule has 0 saturated carbocycles. The Morgan fingerprint density at radius 1 is 0.680 bits per heavy atom. The van der Waals surface area contributed by atoms with Crippen molar-refractivity contribution in [1.29, 1.82) is 0 Å². The quantitative estimate of drug-likeness (QED) is 0.158. The minimum absolute atomic E-state index is 0.377. The van der Waals surface area contributed by atoms with Crippen molar-refractivity contribution in [2.24, 2.45) is 11.8 Å². The van der Waals surface area contributed by atoms with Crippen LogP contribution in [0.5, 0.6) is 0 Å². The molecule has 144 valence electrons. The summed E-state index contributed by atoms with van der Waals surface area (Å²) in [6.07, 6.45) is 9.86. The van der Waals surface area contributed by atoms with Crippen LogP contribution >= 0.6 is 0 Å². The molecule has 0 aliphatic carbocycles. The highest BCUT2D eigenvalue weighted by molar-refractivity contribution is 6.01. The summed E-state index contributed by atoms with van der Waals surface area (Å²) in [5, 5.41) is 0. The number of rotatable bonds is 14. The van der Waals surface area contributed by atoms with Crippen molar-refractivity contribution in [2.75, 3.05) is 0 Å². The lowest BCUT2D eigenvalue weighted by molar-refractivity contribution is -0.154. The predicted molar refractivity (Wildman–Crippen MR) is 105 cm³/mol. The Morgan fingerprint density at radius 2 is 1.04 bits per heavy atom. The molecule has 0 rings (SSSR count). The standard InChI is InChI=1S/C22H38O3/c1-17(2)13-9-7-11-15-19(5)21(23)25-22(24)20(6)16-12-8-10-14-18(3)4/h17-18H,5-16H2,1-4H3. The summed E-state index contributed by atoms with van der Waals surface area (Å²) in [5.74, 6) is 0.217. The van der Waals surface area contributed by atoms with E-state index in [1.165, 1.54) is 12.8 Å². The molecule has 0 bridgehead atoms. The summed E-state index contributed by atoms with van der Waals surface area (Å²) >= 11 is 0. The van der Waals surface area contributed by atoms with E-state index in [2.05, 4.69) is 40.9 Å². The second-order valence-electron chi connectivity index (χ2n) is 7.87. The molecule has 3 heteroatoms. The molecule has 0 radical (unpaired) electrons. The van der Waals surface area contributed by atoms with E-state index in [4.69, 9.17) is 4.74 Å². The number of hydrogen-bond acceptors (Lipinski definition) is 3. The summed E-state index contributed by atoms with van der Waals surface area (Å²) in [7, 11) is 0. The molecule has 0 fully saturated rings. The maximum Gasteiger partial charge on any atom is 0.341 e. The lowest BCUT2D eigenvalue weighted by atomic mass is 10.0. The maximum atomic E-state index is 11.9. The predicted octanol–water partition coefficient (Wildman–Crippen LogP) is 6.38. The van der Waals surface area contributed by atoms with Crippen molar-refractivity contribution < 1.29 is 14.3 Å². The van der Waals surface area contributed by atoms with Crippen molar-refractivity contribution in [3.8, 4) is 0 Å². The van der Waals surface area contributed by atoms with E-state index in [-0.39, 0.29) is 0 Å².